The van der Waals surface area contributed by atoms with Crippen molar-refractivity contribution in [1.29, 1.82) is 0 Å². The number of thioether (sulfide) groups is 1. The topological polar surface area (TPSA) is 52.0 Å². The number of carbonyl (C=O) groups is 1. The summed E-state index contributed by atoms with van der Waals surface area (Å²) in [6, 6.07) is 20.2. The smallest absolute Gasteiger partial charge is 0.263 e. The third-order valence-electron chi connectivity index (χ3n) is 7.58. The van der Waals surface area contributed by atoms with E-state index in [1.54, 1.807) is 4.57 Å². The largest absolute Gasteiger partial charge is 0.292 e. The molecule has 1 fully saturated rings. The molecule has 0 atom stereocenters. The molecule has 0 radical (unpaired) electrons. The van der Waals surface area contributed by atoms with Crippen LogP contribution >= 0.6 is 23.1 Å². The van der Waals surface area contributed by atoms with Gasteiger partial charge in [0.25, 0.3) is 5.56 Å². The summed E-state index contributed by atoms with van der Waals surface area (Å²) in [5.74, 6) is 0.298. The standard InChI is InChI=1S/C30H28N2O2S2/c1-20-9-7-11-22(17-20)32-28(34)26-27(31-29(32)36-19-24(33)25-13-8-16-35-25)23-12-4-3-10-21(23)18-30(26)14-5-2-6-15-30/h3-4,7-13,16-17H,2,5-6,14-15,18-19H2,1H3. The minimum Gasteiger partial charge on any atom is -0.292 e. The van der Waals surface area contributed by atoms with Crippen LogP contribution in [0.5, 0.6) is 0 Å². The minimum atomic E-state index is -0.173. The summed E-state index contributed by atoms with van der Waals surface area (Å²) in [6.45, 7) is 2.03. The Morgan fingerprint density at radius 2 is 1.89 bits per heavy atom. The lowest BCUT2D eigenvalue weighted by atomic mass is 9.62. The maximum Gasteiger partial charge on any atom is 0.263 e. The normalized spacial score (nSPS) is 15.9. The van der Waals surface area contributed by atoms with Crippen molar-refractivity contribution in [2.45, 2.75) is 56.0 Å². The van der Waals surface area contributed by atoms with Gasteiger partial charge in [-0.3, -0.25) is 14.2 Å². The number of nitrogens with zero attached hydrogens (tertiary/aromatic N) is 2. The van der Waals surface area contributed by atoms with Gasteiger partial charge < -0.3 is 0 Å². The fraction of sp³-hybridized carbons (Fsp3) is 0.300. The van der Waals surface area contributed by atoms with Gasteiger partial charge in [-0.1, -0.05) is 73.5 Å². The number of aromatic nitrogens is 2. The van der Waals surface area contributed by atoms with E-state index >= 15 is 0 Å². The Bertz CT molecular complexity index is 1500. The number of Topliss-reactive ketones (excluding diaryl/α,β-unsaturated/α-hetero) is 1. The Morgan fingerprint density at radius 3 is 2.67 bits per heavy atom. The van der Waals surface area contributed by atoms with Crippen LogP contribution in [0.1, 0.15) is 58.5 Å². The average Bonchev–Trinajstić information content (AvgIpc) is 3.43. The lowest BCUT2D eigenvalue weighted by Gasteiger charge is -2.42. The summed E-state index contributed by atoms with van der Waals surface area (Å²) < 4.78 is 1.77. The molecule has 2 aliphatic carbocycles. The molecule has 2 aromatic heterocycles. The number of carbonyl (C=O) groups excluding carboxylic acids is 1. The van der Waals surface area contributed by atoms with Gasteiger partial charge in [0.05, 0.1) is 27.6 Å². The zero-order valence-corrected chi connectivity index (χ0v) is 22.0. The van der Waals surface area contributed by atoms with Crippen molar-refractivity contribution >= 4 is 28.9 Å². The maximum absolute atomic E-state index is 14.5. The number of fused-ring (bicyclic) bond motifs is 4. The second kappa shape index (κ2) is 9.49. The van der Waals surface area contributed by atoms with Crippen molar-refractivity contribution in [2.75, 3.05) is 5.75 Å². The van der Waals surface area contributed by atoms with Crippen LogP contribution < -0.4 is 5.56 Å². The first-order valence-electron chi connectivity index (χ1n) is 12.6. The van der Waals surface area contributed by atoms with Crippen molar-refractivity contribution in [2.24, 2.45) is 0 Å². The Kier molecular flexibility index (Phi) is 6.18. The van der Waals surface area contributed by atoms with Gasteiger partial charge in [0, 0.05) is 11.0 Å². The minimum absolute atomic E-state index is 0.0214. The first-order chi connectivity index (χ1) is 17.6. The van der Waals surface area contributed by atoms with Crippen molar-refractivity contribution in [3.63, 3.8) is 0 Å². The van der Waals surface area contributed by atoms with E-state index in [2.05, 4.69) is 18.2 Å². The van der Waals surface area contributed by atoms with Gasteiger partial charge in [-0.15, -0.1) is 11.3 Å². The quantitative estimate of drug-likeness (QED) is 0.164. The molecule has 4 aromatic rings. The molecule has 6 rings (SSSR count). The highest BCUT2D eigenvalue weighted by atomic mass is 32.2. The Balaban J connectivity index is 1.56. The fourth-order valence-corrected chi connectivity index (χ4v) is 7.56. The van der Waals surface area contributed by atoms with Crippen molar-refractivity contribution in [1.82, 2.24) is 9.55 Å². The Labute approximate surface area is 219 Å². The molecule has 6 heteroatoms. The molecule has 0 amide bonds. The molecule has 0 unspecified atom stereocenters. The van der Waals surface area contributed by atoms with Crippen LogP contribution in [0.2, 0.25) is 0 Å². The summed E-state index contributed by atoms with van der Waals surface area (Å²) in [5.41, 5.74) is 5.77. The number of rotatable bonds is 5. The molecule has 1 spiro atoms. The van der Waals surface area contributed by atoms with Crippen LogP contribution in [0, 0.1) is 6.92 Å². The molecule has 4 nitrogen and oxygen atoms in total. The maximum atomic E-state index is 14.5. The van der Waals surface area contributed by atoms with E-state index in [0.717, 1.165) is 65.1 Å². The molecule has 0 aliphatic heterocycles. The van der Waals surface area contributed by atoms with E-state index in [9.17, 15) is 9.59 Å². The summed E-state index contributed by atoms with van der Waals surface area (Å²) in [6.07, 6.45) is 6.42. The van der Waals surface area contributed by atoms with Gasteiger partial charge >= 0.3 is 0 Å². The molecule has 1 saturated carbocycles. The number of benzene rings is 2. The summed E-state index contributed by atoms with van der Waals surface area (Å²) in [4.78, 5) is 33.3. The highest BCUT2D eigenvalue weighted by Crippen LogP contribution is 2.49. The van der Waals surface area contributed by atoms with Gasteiger partial charge in [-0.2, -0.15) is 0 Å². The van der Waals surface area contributed by atoms with E-state index in [1.165, 1.54) is 35.1 Å². The Hall–Kier alpha value is -2.96. The molecule has 0 N–H and O–H groups in total. The van der Waals surface area contributed by atoms with E-state index < -0.39 is 0 Å². The summed E-state index contributed by atoms with van der Waals surface area (Å²) >= 11 is 2.81. The SMILES string of the molecule is Cc1cccc(-n2c(SCC(=O)c3cccs3)nc3c(c2=O)C2(CCCCC2)Cc2ccccc2-3)c1. The van der Waals surface area contributed by atoms with Crippen LogP contribution in [0.25, 0.3) is 16.9 Å². The second-order valence-corrected chi connectivity index (χ2v) is 11.9. The summed E-state index contributed by atoms with van der Waals surface area (Å²) in [7, 11) is 0. The van der Waals surface area contributed by atoms with Gasteiger partial charge in [-0.05, 0) is 60.9 Å². The van der Waals surface area contributed by atoms with Crippen molar-refractivity contribution in [3.8, 4) is 16.9 Å². The van der Waals surface area contributed by atoms with E-state index in [0.29, 0.717) is 5.16 Å². The van der Waals surface area contributed by atoms with Crippen LogP contribution in [-0.2, 0) is 11.8 Å². The molecule has 0 bridgehead atoms. The van der Waals surface area contributed by atoms with Gasteiger partial charge in [0.1, 0.15) is 0 Å². The molecule has 182 valence electrons. The second-order valence-electron chi connectivity index (χ2n) is 9.96. The number of hydrogen-bond donors (Lipinski definition) is 0. The fourth-order valence-electron chi connectivity index (χ4n) is 5.92. The highest BCUT2D eigenvalue weighted by molar-refractivity contribution is 7.99. The third-order valence-corrected chi connectivity index (χ3v) is 9.43. The average molecular weight is 513 g/mol. The monoisotopic (exact) mass is 512 g/mol. The molecule has 2 aromatic carbocycles. The molecule has 0 saturated heterocycles. The van der Waals surface area contributed by atoms with Crippen molar-refractivity contribution in [3.05, 3.63) is 98.0 Å². The lowest BCUT2D eigenvalue weighted by Crippen LogP contribution is -2.43. The van der Waals surface area contributed by atoms with Crippen LogP contribution in [0.3, 0.4) is 0 Å². The predicted molar refractivity (Wildman–Crippen MR) is 148 cm³/mol. The molecule has 2 aliphatic rings. The lowest BCUT2D eigenvalue weighted by molar-refractivity contribution is 0.102. The number of aryl methyl sites for hydroxylation is 1. The predicted octanol–water partition coefficient (Wildman–Crippen LogP) is 7.00. The van der Waals surface area contributed by atoms with Gasteiger partial charge in [0.2, 0.25) is 0 Å². The zero-order valence-electron chi connectivity index (χ0n) is 20.3. The van der Waals surface area contributed by atoms with Crippen LogP contribution in [0.4, 0.5) is 0 Å². The van der Waals surface area contributed by atoms with Crippen LogP contribution in [-0.4, -0.2) is 21.1 Å². The molecular formula is C30H28N2O2S2. The van der Waals surface area contributed by atoms with E-state index in [4.69, 9.17) is 4.98 Å². The molecule has 36 heavy (non-hydrogen) atoms. The van der Waals surface area contributed by atoms with Gasteiger partial charge in [0.15, 0.2) is 10.9 Å². The first kappa shape index (κ1) is 23.4. The molecular weight excluding hydrogens is 484 g/mol. The van der Waals surface area contributed by atoms with Crippen molar-refractivity contribution < 1.29 is 4.79 Å². The number of thiophene rings is 1. The zero-order chi connectivity index (χ0) is 24.7. The first-order valence-corrected chi connectivity index (χ1v) is 14.4. The van der Waals surface area contributed by atoms with Crippen LogP contribution in [0.15, 0.2) is 76.0 Å². The number of ketones is 1. The Morgan fingerprint density at radius 1 is 1.06 bits per heavy atom. The molecule has 2 heterocycles. The summed E-state index contributed by atoms with van der Waals surface area (Å²) in [5, 5.41) is 2.50. The van der Waals surface area contributed by atoms with E-state index in [-0.39, 0.29) is 22.5 Å². The number of hydrogen-bond acceptors (Lipinski definition) is 5. The van der Waals surface area contributed by atoms with E-state index in [1.807, 2.05) is 54.8 Å². The third kappa shape index (κ3) is 4.06. The highest BCUT2D eigenvalue weighted by Gasteiger charge is 2.43. The van der Waals surface area contributed by atoms with Gasteiger partial charge in [-0.25, -0.2) is 4.98 Å².